The van der Waals surface area contributed by atoms with Crippen molar-refractivity contribution >= 4 is 29.2 Å². The number of fused-ring (bicyclic) bond motifs is 1. The van der Waals surface area contributed by atoms with Crippen LogP contribution in [0.4, 0.5) is 4.79 Å². The Morgan fingerprint density at radius 3 is 2.66 bits per heavy atom. The maximum Gasteiger partial charge on any atom is 0.336 e. The van der Waals surface area contributed by atoms with Crippen LogP contribution in [0.25, 0.3) is 0 Å². The predicted molar refractivity (Wildman–Crippen MR) is 113 cm³/mol. The van der Waals surface area contributed by atoms with Crippen LogP contribution >= 0.6 is 11.3 Å². The van der Waals surface area contributed by atoms with Gasteiger partial charge >= 0.3 is 6.03 Å². The van der Waals surface area contributed by atoms with E-state index in [1.54, 1.807) is 4.90 Å². The summed E-state index contributed by atoms with van der Waals surface area (Å²) in [6.07, 6.45) is 4.13. The standard InChI is InChI=1S/C20H31N5O3S/c1-3-6-21-18(26)13-24-7-9-25(10-8-24)20(28)23-22-19(27)17-12-15-11-14(2)4-5-16(15)29-17/h12,14H,3-11,13H2,1-2H3,(H,21,26)(H,22,27)(H,23,28)/t14-/m1/s1. The Labute approximate surface area is 176 Å². The van der Waals surface area contributed by atoms with Crippen molar-refractivity contribution in [3.05, 3.63) is 21.4 Å². The SMILES string of the molecule is CCCNC(=O)CN1CCN(C(=O)NNC(=O)c2cc3c(s2)CC[C@@H](C)C3)CC1. The minimum atomic E-state index is -0.316. The van der Waals surface area contributed by atoms with Crippen LogP contribution in [0.2, 0.25) is 0 Å². The number of carbonyl (C=O) groups is 3. The van der Waals surface area contributed by atoms with Crippen LogP contribution < -0.4 is 16.2 Å². The molecule has 3 N–H and O–H groups in total. The van der Waals surface area contributed by atoms with Crippen LogP contribution in [0.1, 0.15) is 46.8 Å². The highest BCUT2D eigenvalue weighted by Gasteiger charge is 2.24. The fourth-order valence-electron chi connectivity index (χ4n) is 3.70. The lowest BCUT2D eigenvalue weighted by molar-refractivity contribution is -0.122. The lowest BCUT2D eigenvalue weighted by Gasteiger charge is -2.34. The Morgan fingerprint density at radius 2 is 1.93 bits per heavy atom. The first-order valence-corrected chi connectivity index (χ1v) is 11.2. The number of thiophene rings is 1. The second-order valence-corrected chi connectivity index (χ2v) is 9.04. The van der Waals surface area contributed by atoms with Gasteiger partial charge in [-0.3, -0.25) is 19.9 Å². The highest BCUT2D eigenvalue weighted by atomic mass is 32.1. The molecule has 0 spiro atoms. The van der Waals surface area contributed by atoms with Gasteiger partial charge in [0.1, 0.15) is 0 Å². The monoisotopic (exact) mass is 421 g/mol. The van der Waals surface area contributed by atoms with Crippen molar-refractivity contribution in [2.45, 2.75) is 39.5 Å². The predicted octanol–water partition coefficient (Wildman–Crippen LogP) is 1.37. The maximum atomic E-state index is 12.4. The van der Waals surface area contributed by atoms with Crippen molar-refractivity contribution in [1.29, 1.82) is 0 Å². The van der Waals surface area contributed by atoms with Crippen LogP contribution in [-0.2, 0) is 17.6 Å². The van der Waals surface area contributed by atoms with Crippen molar-refractivity contribution in [3.8, 4) is 0 Å². The number of nitrogens with one attached hydrogen (secondary N) is 3. The molecular formula is C20H31N5O3S. The largest absolute Gasteiger partial charge is 0.355 e. The molecule has 4 amide bonds. The van der Waals surface area contributed by atoms with E-state index in [-0.39, 0.29) is 17.8 Å². The molecule has 8 nitrogen and oxygen atoms in total. The van der Waals surface area contributed by atoms with E-state index < -0.39 is 0 Å². The van der Waals surface area contributed by atoms with Gasteiger partial charge in [0.25, 0.3) is 5.91 Å². The normalized spacial score (nSPS) is 19.4. The molecular weight excluding hydrogens is 390 g/mol. The summed E-state index contributed by atoms with van der Waals surface area (Å²) in [6, 6.07) is 1.64. The molecule has 9 heteroatoms. The molecule has 1 aliphatic carbocycles. The molecule has 0 saturated carbocycles. The highest BCUT2D eigenvalue weighted by Crippen LogP contribution is 2.32. The summed E-state index contributed by atoms with van der Waals surface area (Å²) in [5, 5.41) is 2.86. The molecule has 0 radical (unpaired) electrons. The fraction of sp³-hybridized carbons (Fsp3) is 0.650. The summed E-state index contributed by atoms with van der Waals surface area (Å²) in [5.41, 5.74) is 6.32. The Hall–Kier alpha value is -2.13. The fourth-order valence-corrected chi connectivity index (χ4v) is 4.80. The van der Waals surface area contributed by atoms with Crippen molar-refractivity contribution in [3.63, 3.8) is 0 Å². The Morgan fingerprint density at radius 1 is 1.17 bits per heavy atom. The van der Waals surface area contributed by atoms with Crippen LogP contribution in [0.3, 0.4) is 0 Å². The molecule has 1 saturated heterocycles. The van der Waals surface area contributed by atoms with Crippen molar-refractivity contribution in [1.82, 2.24) is 26.0 Å². The zero-order chi connectivity index (χ0) is 20.8. The number of aryl methyl sites for hydroxylation is 1. The minimum absolute atomic E-state index is 0.0186. The summed E-state index contributed by atoms with van der Waals surface area (Å²) in [6.45, 7) is 7.61. The van der Waals surface area contributed by atoms with Crippen molar-refractivity contribution < 1.29 is 14.4 Å². The van der Waals surface area contributed by atoms with Gasteiger partial charge in [-0.1, -0.05) is 13.8 Å². The van der Waals surface area contributed by atoms with Gasteiger partial charge in [0.05, 0.1) is 11.4 Å². The molecule has 1 atom stereocenters. The minimum Gasteiger partial charge on any atom is -0.355 e. The van der Waals surface area contributed by atoms with Crippen LogP contribution in [-0.4, -0.2) is 66.9 Å². The van der Waals surface area contributed by atoms with E-state index in [1.165, 1.54) is 21.8 Å². The topological polar surface area (TPSA) is 93.8 Å². The smallest absolute Gasteiger partial charge is 0.336 e. The van der Waals surface area contributed by atoms with Gasteiger partial charge in [-0.15, -0.1) is 11.3 Å². The molecule has 2 aliphatic rings. The van der Waals surface area contributed by atoms with Crippen LogP contribution in [0, 0.1) is 5.92 Å². The number of carbonyl (C=O) groups excluding carboxylic acids is 3. The molecule has 2 heterocycles. The van der Waals surface area contributed by atoms with E-state index in [0.29, 0.717) is 50.1 Å². The summed E-state index contributed by atoms with van der Waals surface area (Å²) < 4.78 is 0. The lowest BCUT2D eigenvalue weighted by atomic mass is 9.90. The van der Waals surface area contributed by atoms with E-state index in [1.807, 2.05) is 17.9 Å². The maximum absolute atomic E-state index is 12.4. The number of hydrogen-bond acceptors (Lipinski definition) is 5. The molecule has 1 fully saturated rings. The Kier molecular flexibility index (Phi) is 7.49. The van der Waals surface area contributed by atoms with Crippen LogP contribution in [0.5, 0.6) is 0 Å². The second kappa shape index (κ2) is 10.1. The molecule has 1 aromatic rings. The first kappa shape index (κ1) is 21.6. The lowest BCUT2D eigenvalue weighted by Crippen LogP contribution is -2.56. The number of nitrogens with zero attached hydrogens (tertiary/aromatic N) is 2. The number of amides is 4. The number of piperazine rings is 1. The van der Waals surface area contributed by atoms with Gasteiger partial charge in [-0.2, -0.15) is 0 Å². The first-order chi connectivity index (χ1) is 14.0. The van der Waals surface area contributed by atoms with Crippen molar-refractivity contribution in [2.75, 3.05) is 39.3 Å². The van der Waals surface area contributed by atoms with E-state index >= 15 is 0 Å². The second-order valence-electron chi connectivity index (χ2n) is 7.90. The average Bonchev–Trinajstić information content (AvgIpc) is 3.14. The quantitative estimate of drug-likeness (QED) is 0.626. The Balaban J connectivity index is 1.40. The molecule has 160 valence electrons. The molecule has 1 aromatic heterocycles. The summed E-state index contributed by atoms with van der Waals surface area (Å²) in [7, 11) is 0. The average molecular weight is 422 g/mol. The Bertz CT molecular complexity index is 742. The molecule has 0 unspecified atom stereocenters. The zero-order valence-electron chi connectivity index (χ0n) is 17.3. The third-order valence-corrected chi connectivity index (χ3v) is 6.67. The first-order valence-electron chi connectivity index (χ1n) is 10.4. The van der Waals surface area contributed by atoms with Gasteiger partial charge in [-0.25, -0.2) is 10.2 Å². The molecule has 0 aromatic carbocycles. The summed E-state index contributed by atoms with van der Waals surface area (Å²) >= 11 is 1.52. The van der Waals surface area contributed by atoms with E-state index in [0.717, 1.165) is 25.7 Å². The highest BCUT2D eigenvalue weighted by molar-refractivity contribution is 7.14. The molecule has 1 aliphatic heterocycles. The molecule has 3 rings (SSSR count). The number of hydrazine groups is 1. The van der Waals surface area contributed by atoms with Gasteiger partial charge in [0.2, 0.25) is 5.91 Å². The van der Waals surface area contributed by atoms with Gasteiger partial charge in [-0.05, 0) is 43.2 Å². The summed E-state index contributed by atoms with van der Waals surface area (Å²) in [4.78, 5) is 42.2. The molecule has 0 bridgehead atoms. The number of hydrogen-bond donors (Lipinski definition) is 3. The third kappa shape index (κ3) is 5.93. The van der Waals surface area contributed by atoms with Gasteiger partial charge < -0.3 is 10.2 Å². The number of urea groups is 1. The third-order valence-electron chi connectivity index (χ3n) is 5.43. The van der Waals surface area contributed by atoms with Crippen LogP contribution in [0.15, 0.2) is 6.07 Å². The van der Waals surface area contributed by atoms with Gasteiger partial charge in [0, 0.05) is 37.6 Å². The van der Waals surface area contributed by atoms with Gasteiger partial charge in [0.15, 0.2) is 0 Å². The van der Waals surface area contributed by atoms with E-state index in [2.05, 4.69) is 23.1 Å². The van der Waals surface area contributed by atoms with Crippen molar-refractivity contribution in [2.24, 2.45) is 5.92 Å². The zero-order valence-corrected chi connectivity index (χ0v) is 18.1. The van der Waals surface area contributed by atoms with E-state index in [9.17, 15) is 14.4 Å². The molecule has 29 heavy (non-hydrogen) atoms. The number of rotatable bonds is 5. The van der Waals surface area contributed by atoms with E-state index in [4.69, 9.17) is 0 Å². The summed E-state index contributed by atoms with van der Waals surface area (Å²) in [5.74, 6) is 0.408.